The summed E-state index contributed by atoms with van der Waals surface area (Å²) in [6.45, 7) is 3.60. The lowest BCUT2D eigenvalue weighted by Crippen LogP contribution is -2.21. The van der Waals surface area contributed by atoms with Crippen LogP contribution in [0.2, 0.25) is 0 Å². The number of hydrogen-bond acceptors (Lipinski definition) is 5. The zero-order valence-corrected chi connectivity index (χ0v) is 12.0. The van der Waals surface area contributed by atoms with Crippen LogP contribution in [-0.4, -0.2) is 43.7 Å². The van der Waals surface area contributed by atoms with Crippen molar-refractivity contribution in [3.8, 4) is 0 Å². The van der Waals surface area contributed by atoms with Gasteiger partial charge in [-0.3, -0.25) is 4.79 Å². The molecular weight excluding hydrogens is 282 g/mol. The molecule has 1 heterocycles. The number of carbonyl (C=O) groups excluding carboxylic acids is 2. The van der Waals surface area contributed by atoms with E-state index in [-0.39, 0.29) is 11.5 Å². The molecule has 1 aliphatic rings. The smallest absolute Gasteiger partial charge is 0.326 e. The van der Waals surface area contributed by atoms with E-state index in [0.717, 1.165) is 9.87 Å². The molecule has 0 saturated carbocycles. The number of nitrogens with zero attached hydrogens (tertiary/aromatic N) is 1. The number of rotatable bonds is 5. The van der Waals surface area contributed by atoms with Crippen molar-refractivity contribution in [1.29, 1.82) is 0 Å². The maximum absolute atomic E-state index is 12.4. The Labute approximate surface area is 117 Å². The Kier molecular flexibility index (Phi) is 3.92. The first-order chi connectivity index (χ1) is 9.43. The predicted octanol–water partition coefficient (Wildman–Crippen LogP) is 0.499. The first kappa shape index (κ1) is 14.7. The molecule has 0 spiro atoms. The highest BCUT2D eigenvalue weighted by Gasteiger charge is 2.60. The van der Waals surface area contributed by atoms with E-state index in [1.165, 1.54) is 12.1 Å². The lowest BCUT2D eigenvalue weighted by atomic mass is 10.2. The van der Waals surface area contributed by atoms with Crippen LogP contribution >= 0.6 is 0 Å². The fourth-order valence-corrected chi connectivity index (χ4v) is 3.64. The van der Waals surface area contributed by atoms with Crippen molar-refractivity contribution < 1.29 is 22.7 Å². The van der Waals surface area contributed by atoms with Crippen LogP contribution in [0.1, 0.15) is 12.5 Å². The minimum atomic E-state index is -3.86. The standard InChI is InChI=1S/C13H15NO5S/c1-3-19-13(16)12-11(8-15)14(12)20(17,18)10-6-4-9(2)5-7-10/h4-8,11-12H,3H2,1-2H3/t11-,12-,14?/m0/s1. The maximum Gasteiger partial charge on any atom is 0.326 e. The fourth-order valence-electron chi connectivity index (χ4n) is 1.98. The number of carbonyl (C=O) groups is 2. The molecule has 0 bridgehead atoms. The van der Waals surface area contributed by atoms with Crippen molar-refractivity contribution in [2.45, 2.75) is 30.8 Å². The minimum Gasteiger partial charge on any atom is -0.465 e. The lowest BCUT2D eigenvalue weighted by Gasteiger charge is -2.06. The topological polar surface area (TPSA) is 80.5 Å². The van der Waals surface area contributed by atoms with Crippen LogP contribution in [0.3, 0.4) is 0 Å². The Balaban J connectivity index is 2.28. The second-order valence-corrected chi connectivity index (χ2v) is 6.31. The van der Waals surface area contributed by atoms with Gasteiger partial charge in [0.2, 0.25) is 10.0 Å². The average molecular weight is 297 g/mol. The molecule has 2 rings (SSSR count). The summed E-state index contributed by atoms with van der Waals surface area (Å²) in [5.74, 6) is -0.694. The third-order valence-electron chi connectivity index (χ3n) is 3.07. The first-order valence-corrected chi connectivity index (χ1v) is 7.59. The Morgan fingerprint density at radius 3 is 2.45 bits per heavy atom. The van der Waals surface area contributed by atoms with Crippen LogP contribution in [0.4, 0.5) is 0 Å². The maximum atomic E-state index is 12.4. The molecule has 108 valence electrons. The van der Waals surface area contributed by atoms with Crippen LogP contribution in [0.5, 0.6) is 0 Å². The summed E-state index contributed by atoms with van der Waals surface area (Å²) in [6.07, 6.45) is 0.452. The molecule has 0 amide bonds. The summed E-state index contributed by atoms with van der Waals surface area (Å²) in [4.78, 5) is 22.6. The highest BCUT2D eigenvalue weighted by Crippen LogP contribution is 2.35. The Morgan fingerprint density at radius 1 is 1.35 bits per heavy atom. The summed E-state index contributed by atoms with van der Waals surface area (Å²) in [5, 5.41) is 0. The number of benzene rings is 1. The zero-order chi connectivity index (χ0) is 14.9. The normalized spacial score (nSPS) is 25.0. The van der Waals surface area contributed by atoms with E-state index in [2.05, 4.69) is 0 Å². The summed E-state index contributed by atoms with van der Waals surface area (Å²) in [6, 6.07) is 4.20. The van der Waals surface area contributed by atoms with Crippen LogP contribution < -0.4 is 0 Å². The largest absolute Gasteiger partial charge is 0.465 e. The Morgan fingerprint density at radius 2 is 1.95 bits per heavy atom. The van der Waals surface area contributed by atoms with Gasteiger partial charge in [0, 0.05) is 0 Å². The van der Waals surface area contributed by atoms with Crippen molar-refractivity contribution in [1.82, 2.24) is 4.31 Å². The van der Waals surface area contributed by atoms with E-state index >= 15 is 0 Å². The van der Waals surface area contributed by atoms with Crippen LogP contribution in [0, 0.1) is 6.92 Å². The van der Waals surface area contributed by atoms with Gasteiger partial charge in [0.15, 0.2) is 0 Å². The lowest BCUT2D eigenvalue weighted by molar-refractivity contribution is -0.143. The molecule has 1 fully saturated rings. The number of ether oxygens (including phenoxy) is 1. The van der Waals surface area contributed by atoms with Gasteiger partial charge < -0.3 is 9.53 Å². The molecule has 0 aromatic heterocycles. The predicted molar refractivity (Wildman–Crippen MR) is 70.5 cm³/mol. The van der Waals surface area contributed by atoms with E-state index < -0.39 is 28.1 Å². The molecule has 0 aliphatic carbocycles. The fraction of sp³-hybridized carbons (Fsp3) is 0.385. The van der Waals surface area contributed by atoms with Crippen molar-refractivity contribution in [2.24, 2.45) is 0 Å². The molecule has 1 saturated heterocycles. The van der Waals surface area contributed by atoms with Gasteiger partial charge in [0.25, 0.3) is 0 Å². The number of hydrogen-bond donors (Lipinski definition) is 0. The SMILES string of the molecule is CCOC(=O)[C@@H]1[C@H](C=O)N1S(=O)(=O)c1ccc(C)cc1. The Bertz CT molecular complexity index is 623. The van der Waals surface area contributed by atoms with Gasteiger partial charge in [-0.2, -0.15) is 4.31 Å². The quantitative estimate of drug-likeness (QED) is 0.449. The monoisotopic (exact) mass is 297 g/mol. The summed E-state index contributed by atoms with van der Waals surface area (Å²) in [7, 11) is -3.86. The molecule has 7 heteroatoms. The molecule has 1 aliphatic heterocycles. The molecule has 1 unspecified atom stereocenters. The molecule has 1 aromatic carbocycles. The van der Waals surface area contributed by atoms with Crippen molar-refractivity contribution in [3.05, 3.63) is 29.8 Å². The Hall–Kier alpha value is -1.73. The van der Waals surface area contributed by atoms with E-state index in [0.29, 0.717) is 6.29 Å². The third-order valence-corrected chi connectivity index (χ3v) is 4.96. The summed E-state index contributed by atoms with van der Waals surface area (Å²) >= 11 is 0. The summed E-state index contributed by atoms with van der Waals surface area (Å²) in [5.41, 5.74) is 0.920. The second kappa shape index (κ2) is 5.34. The van der Waals surface area contributed by atoms with Gasteiger partial charge in [-0.25, -0.2) is 8.42 Å². The van der Waals surface area contributed by atoms with E-state index in [9.17, 15) is 18.0 Å². The molecule has 0 N–H and O–H groups in total. The second-order valence-electron chi connectivity index (χ2n) is 4.47. The molecule has 6 nitrogen and oxygen atoms in total. The van der Waals surface area contributed by atoms with E-state index in [4.69, 9.17) is 4.74 Å². The van der Waals surface area contributed by atoms with Gasteiger partial charge in [0.1, 0.15) is 18.4 Å². The molecule has 1 aromatic rings. The highest BCUT2D eigenvalue weighted by molar-refractivity contribution is 7.89. The van der Waals surface area contributed by atoms with Crippen molar-refractivity contribution >= 4 is 22.3 Å². The summed E-state index contributed by atoms with van der Waals surface area (Å²) < 4.78 is 30.4. The number of aldehydes is 1. The third kappa shape index (κ3) is 2.46. The van der Waals surface area contributed by atoms with Crippen LogP contribution in [0.15, 0.2) is 29.2 Å². The van der Waals surface area contributed by atoms with Crippen molar-refractivity contribution in [3.63, 3.8) is 0 Å². The van der Waals surface area contributed by atoms with Crippen LogP contribution in [0.25, 0.3) is 0 Å². The number of sulfonamides is 1. The zero-order valence-electron chi connectivity index (χ0n) is 11.1. The highest BCUT2D eigenvalue weighted by atomic mass is 32.2. The van der Waals surface area contributed by atoms with Gasteiger partial charge in [-0.05, 0) is 26.0 Å². The van der Waals surface area contributed by atoms with Gasteiger partial charge in [-0.1, -0.05) is 17.7 Å². The van der Waals surface area contributed by atoms with Crippen molar-refractivity contribution in [2.75, 3.05) is 6.61 Å². The molecule has 0 radical (unpaired) electrons. The first-order valence-electron chi connectivity index (χ1n) is 6.15. The van der Waals surface area contributed by atoms with Gasteiger partial charge >= 0.3 is 5.97 Å². The number of esters is 1. The molecular formula is C13H15NO5S. The number of aryl methyl sites for hydroxylation is 1. The van der Waals surface area contributed by atoms with Crippen LogP contribution in [-0.2, 0) is 24.3 Å². The molecule has 20 heavy (non-hydrogen) atoms. The van der Waals surface area contributed by atoms with E-state index in [1.807, 2.05) is 6.92 Å². The average Bonchev–Trinajstić information content (AvgIpc) is 3.14. The van der Waals surface area contributed by atoms with Gasteiger partial charge in [0.05, 0.1) is 11.5 Å². The van der Waals surface area contributed by atoms with E-state index in [1.54, 1.807) is 19.1 Å². The van der Waals surface area contributed by atoms with Gasteiger partial charge in [-0.15, -0.1) is 0 Å². The molecule has 3 atom stereocenters. The minimum absolute atomic E-state index is 0.0572.